The quantitative estimate of drug-likeness (QED) is 0.239. The highest BCUT2D eigenvalue weighted by Gasteiger charge is 2.19. The van der Waals surface area contributed by atoms with Crippen LogP contribution in [0.1, 0.15) is 35.7 Å². The third kappa shape index (κ3) is 6.82. The number of nitrogens with one attached hydrogen (secondary N) is 1. The van der Waals surface area contributed by atoms with E-state index in [1.807, 2.05) is 43.3 Å². The molecule has 0 aliphatic carbocycles. The normalized spacial score (nSPS) is 11.6. The van der Waals surface area contributed by atoms with Crippen molar-refractivity contribution in [3.05, 3.63) is 96.1 Å². The highest BCUT2D eigenvalue weighted by molar-refractivity contribution is 5.91. The van der Waals surface area contributed by atoms with E-state index in [4.69, 9.17) is 9.47 Å². The van der Waals surface area contributed by atoms with Gasteiger partial charge in [-0.15, -0.1) is 0 Å². The molecule has 0 heterocycles. The molecular weight excluding hydrogens is 392 g/mol. The van der Waals surface area contributed by atoms with Gasteiger partial charge in [-0.2, -0.15) is 5.10 Å². The van der Waals surface area contributed by atoms with Crippen molar-refractivity contribution < 1.29 is 19.1 Å². The summed E-state index contributed by atoms with van der Waals surface area (Å²) in [4.78, 5) is 24.5. The van der Waals surface area contributed by atoms with Crippen molar-refractivity contribution in [3.63, 3.8) is 0 Å². The predicted octanol–water partition coefficient (Wildman–Crippen LogP) is 4.60. The van der Waals surface area contributed by atoms with E-state index in [0.29, 0.717) is 23.5 Å². The molecule has 3 rings (SSSR count). The third-order valence-corrected chi connectivity index (χ3v) is 4.35. The molecule has 0 fully saturated rings. The number of hydrogen-bond donors (Lipinski definition) is 1. The minimum Gasteiger partial charge on any atom is -0.481 e. The standard InChI is InChI=1S/C25H24N2O4/c1-2-9-23(30-21-12-7-4-8-13-21)24(28)27-26-18-19-14-16-22(17-15-19)31-25(29)20-10-5-3-6-11-20/h3-8,10-18,23H,2,9H2,1H3,(H,27,28). The van der Waals surface area contributed by atoms with Gasteiger partial charge in [-0.1, -0.05) is 49.7 Å². The van der Waals surface area contributed by atoms with Crippen molar-refractivity contribution in [2.24, 2.45) is 5.10 Å². The van der Waals surface area contributed by atoms with Crippen LogP contribution in [0.3, 0.4) is 0 Å². The van der Waals surface area contributed by atoms with Crippen molar-refractivity contribution in [2.75, 3.05) is 0 Å². The third-order valence-electron chi connectivity index (χ3n) is 4.35. The summed E-state index contributed by atoms with van der Waals surface area (Å²) in [5.74, 6) is 0.333. The van der Waals surface area contributed by atoms with Crippen molar-refractivity contribution in [2.45, 2.75) is 25.9 Å². The highest BCUT2D eigenvalue weighted by atomic mass is 16.5. The Morgan fingerprint density at radius 2 is 1.55 bits per heavy atom. The Hall–Kier alpha value is -3.93. The van der Waals surface area contributed by atoms with E-state index in [1.54, 1.807) is 48.5 Å². The van der Waals surface area contributed by atoms with Crippen LogP contribution in [0.2, 0.25) is 0 Å². The van der Waals surface area contributed by atoms with Gasteiger partial charge in [0, 0.05) is 0 Å². The molecule has 1 atom stereocenters. The minimum absolute atomic E-state index is 0.310. The van der Waals surface area contributed by atoms with Crippen LogP contribution < -0.4 is 14.9 Å². The SMILES string of the molecule is CCCC(Oc1ccccc1)C(=O)NN=Cc1ccc(OC(=O)c2ccccc2)cc1. The van der Waals surface area contributed by atoms with E-state index in [0.717, 1.165) is 12.0 Å². The topological polar surface area (TPSA) is 77.0 Å². The number of carbonyl (C=O) groups is 2. The maximum atomic E-state index is 12.4. The summed E-state index contributed by atoms with van der Waals surface area (Å²) < 4.78 is 11.1. The van der Waals surface area contributed by atoms with E-state index in [2.05, 4.69) is 10.5 Å². The van der Waals surface area contributed by atoms with E-state index in [-0.39, 0.29) is 5.91 Å². The largest absolute Gasteiger partial charge is 0.481 e. The van der Waals surface area contributed by atoms with Gasteiger partial charge in [0.2, 0.25) is 0 Å². The van der Waals surface area contributed by atoms with Crippen molar-refractivity contribution >= 4 is 18.1 Å². The van der Waals surface area contributed by atoms with Gasteiger partial charge in [-0.25, -0.2) is 10.2 Å². The van der Waals surface area contributed by atoms with E-state index in [9.17, 15) is 9.59 Å². The van der Waals surface area contributed by atoms with Crippen LogP contribution in [0.5, 0.6) is 11.5 Å². The second kappa shape index (κ2) is 11.3. The van der Waals surface area contributed by atoms with Gasteiger partial charge in [0.1, 0.15) is 11.5 Å². The number of hydrogen-bond acceptors (Lipinski definition) is 5. The molecule has 0 saturated heterocycles. The lowest BCUT2D eigenvalue weighted by atomic mass is 10.2. The molecule has 0 aromatic heterocycles. The van der Waals surface area contributed by atoms with Gasteiger partial charge in [0.05, 0.1) is 11.8 Å². The Morgan fingerprint density at radius 1 is 0.903 bits per heavy atom. The number of rotatable bonds is 9. The molecular formula is C25H24N2O4. The maximum Gasteiger partial charge on any atom is 0.343 e. The Morgan fingerprint density at radius 3 is 2.19 bits per heavy atom. The Labute approximate surface area is 181 Å². The summed E-state index contributed by atoms with van der Waals surface area (Å²) in [6.45, 7) is 1.99. The molecule has 0 saturated carbocycles. The first kappa shape index (κ1) is 21.8. The average Bonchev–Trinajstić information content (AvgIpc) is 2.81. The number of esters is 1. The molecule has 0 bridgehead atoms. The molecule has 6 heteroatoms. The molecule has 158 valence electrons. The Bertz CT molecular complexity index is 1000. The van der Waals surface area contributed by atoms with Crippen molar-refractivity contribution in [1.29, 1.82) is 0 Å². The number of amides is 1. The lowest BCUT2D eigenvalue weighted by Gasteiger charge is -2.16. The molecule has 1 N–H and O–H groups in total. The number of hydrazone groups is 1. The number of carbonyl (C=O) groups excluding carboxylic acids is 2. The number of nitrogens with zero attached hydrogens (tertiary/aromatic N) is 1. The van der Waals surface area contributed by atoms with Gasteiger partial charge in [-0.3, -0.25) is 4.79 Å². The summed E-state index contributed by atoms with van der Waals surface area (Å²) >= 11 is 0. The summed E-state index contributed by atoms with van der Waals surface area (Å²) in [6.07, 6.45) is 2.28. The van der Waals surface area contributed by atoms with E-state index < -0.39 is 12.1 Å². The van der Waals surface area contributed by atoms with E-state index in [1.165, 1.54) is 6.21 Å². The van der Waals surface area contributed by atoms with Gasteiger partial charge >= 0.3 is 5.97 Å². The van der Waals surface area contributed by atoms with Crippen LogP contribution in [0, 0.1) is 0 Å². The van der Waals surface area contributed by atoms with Crippen LogP contribution in [-0.2, 0) is 4.79 Å². The number of para-hydroxylation sites is 1. The monoisotopic (exact) mass is 416 g/mol. The first-order valence-corrected chi connectivity index (χ1v) is 10.1. The lowest BCUT2D eigenvalue weighted by molar-refractivity contribution is -0.128. The van der Waals surface area contributed by atoms with Crippen LogP contribution in [0.4, 0.5) is 0 Å². The highest BCUT2D eigenvalue weighted by Crippen LogP contribution is 2.15. The second-order valence-electron chi connectivity index (χ2n) is 6.77. The average molecular weight is 416 g/mol. The molecule has 1 unspecified atom stereocenters. The lowest BCUT2D eigenvalue weighted by Crippen LogP contribution is -2.35. The second-order valence-corrected chi connectivity index (χ2v) is 6.77. The zero-order valence-corrected chi connectivity index (χ0v) is 17.2. The molecule has 0 radical (unpaired) electrons. The van der Waals surface area contributed by atoms with Crippen molar-refractivity contribution in [3.8, 4) is 11.5 Å². The molecule has 3 aromatic rings. The zero-order valence-electron chi connectivity index (χ0n) is 17.2. The first-order valence-electron chi connectivity index (χ1n) is 10.1. The fraction of sp³-hybridized carbons (Fsp3) is 0.160. The summed E-state index contributed by atoms with van der Waals surface area (Å²) in [6, 6.07) is 24.8. The van der Waals surface area contributed by atoms with Crippen LogP contribution in [-0.4, -0.2) is 24.2 Å². The van der Waals surface area contributed by atoms with Crippen LogP contribution >= 0.6 is 0 Å². The maximum absolute atomic E-state index is 12.4. The van der Waals surface area contributed by atoms with Gasteiger partial charge in [0.25, 0.3) is 5.91 Å². The molecule has 3 aromatic carbocycles. The van der Waals surface area contributed by atoms with Crippen molar-refractivity contribution in [1.82, 2.24) is 5.43 Å². The first-order chi connectivity index (χ1) is 15.2. The number of benzene rings is 3. The Kier molecular flexibility index (Phi) is 7.94. The number of ether oxygens (including phenoxy) is 2. The molecule has 0 spiro atoms. The molecule has 31 heavy (non-hydrogen) atoms. The zero-order chi connectivity index (χ0) is 21.9. The summed E-state index contributed by atoms with van der Waals surface area (Å²) in [7, 11) is 0. The smallest absolute Gasteiger partial charge is 0.343 e. The minimum atomic E-state index is -0.621. The molecule has 0 aliphatic rings. The van der Waals surface area contributed by atoms with Gasteiger partial charge < -0.3 is 9.47 Å². The molecule has 6 nitrogen and oxygen atoms in total. The molecule has 0 aliphatic heterocycles. The summed E-state index contributed by atoms with van der Waals surface area (Å²) in [5, 5.41) is 4.01. The summed E-state index contributed by atoms with van der Waals surface area (Å²) in [5.41, 5.74) is 3.75. The van der Waals surface area contributed by atoms with Crippen LogP contribution in [0.15, 0.2) is 90.0 Å². The Balaban J connectivity index is 1.53. The van der Waals surface area contributed by atoms with E-state index >= 15 is 0 Å². The fourth-order valence-electron chi connectivity index (χ4n) is 2.77. The molecule has 1 amide bonds. The predicted molar refractivity (Wildman–Crippen MR) is 119 cm³/mol. The fourth-order valence-corrected chi connectivity index (χ4v) is 2.77. The van der Waals surface area contributed by atoms with Gasteiger partial charge in [0.15, 0.2) is 6.10 Å². The van der Waals surface area contributed by atoms with Gasteiger partial charge in [-0.05, 0) is 60.5 Å². The van der Waals surface area contributed by atoms with Crippen LogP contribution in [0.25, 0.3) is 0 Å².